The number of nitrogens with zero attached hydrogens (tertiary/aromatic N) is 2. The second kappa shape index (κ2) is 6.94. The highest BCUT2D eigenvalue weighted by Gasteiger charge is 2.30. The summed E-state index contributed by atoms with van der Waals surface area (Å²) in [4.78, 5) is 29.8. The van der Waals surface area contributed by atoms with Crippen LogP contribution in [0.25, 0.3) is 22.6 Å². The Hall–Kier alpha value is -3.45. The Morgan fingerprint density at radius 1 is 1.14 bits per heavy atom. The molecule has 0 radical (unpaired) electrons. The van der Waals surface area contributed by atoms with Crippen LogP contribution in [0.3, 0.4) is 0 Å². The molecule has 2 heterocycles. The molecule has 2 N–H and O–H groups in total. The molecule has 28 heavy (non-hydrogen) atoms. The third-order valence-corrected chi connectivity index (χ3v) is 4.59. The first kappa shape index (κ1) is 17.9. The van der Waals surface area contributed by atoms with Gasteiger partial charge in [-0.1, -0.05) is 17.7 Å². The molecule has 0 spiro atoms. The van der Waals surface area contributed by atoms with Crippen molar-refractivity contribution in [2.45, 2.75) is 13.8 Å². The van der Waals surface area contributed by atoms with Crippen LogP contribution in [0.5, 0.6) is 0 Å². The number of rotatable bonds is 5. The molecule has 2 aromatic carbocycles. The lowest BCUT2D eigenvalue weighted by Gasteiger charge is -2.13. The third-order valence-electron chi connectivity index (χ3n) is 4.59. The summed E-state index contributed by atoms with van der Waals surface area (Å²) in [7, 11) is 0. The van der Waals surface area contributed by atoms with E-state index < -0.39 is 11.8 Å². The summed E-state index contributed by atoms with van der Waals surface area (Å²) in [5, 5.41) is 12.0. The predicted octanol–water partition coefficient (Wildman–Crippen LogP) is 2.77. The number of hydrogen-bond donors (Lipinski definition) is 2. The lowest BCUT2D eigenvalue weighted by Crippen LogP contribution is -2.34. The van der Waals surface area contributed by atoms with Crippen molar-refractivity contribution in [2.24, 2.45) is 0 Å². The number of nitrogens with one attached hydrogen (secondary N) is 1. The Balaban J connectivity index is 1.64. The maximum Gasteiger partial charge on any atom is 0.277 e. The van der Waals surface area contributed by atoms with Crippen molar-refractivity contribution in [2.75, 3.05) is 18.5 Å². The smallest absolute Gasteiger partial charge is 0.277 e. The van der Waals surface area contributed by atoms with E-state index in [9.17, 15) is 9.59 Å². The molecular weight excluding hydrogens is 358 g/mol. The minimum atomic E-state index is -0.461. The van der Waals surface area contributed by atoms with Gasteiger partial charge in [0.1, 0.15) is 11.2 Å². The average molecular weight is 377 g/mol. The zero-order valence-electron chi connectivity index (χ0n) is 15.5. The van der Waals surface area contributed by atoms with E-state index in [-0.39, 0.29) is 18.8 Å². The van der Waals surface area contributed by atoms with Crippen LogP contribution in [-0.2, 0) is 9.59 Å². The maximum atomic E-state index is 12.3. The molecule has 0 bridgehead atoms. The molecule has 142 valence electrons. The van der Waals surface area contributed by atoms with Crippen molar-refractivity contribution in [3.05, 3.63) is 59.3 Å². The lowest BCUT2D eigenvalue weighted by atomic mass is 10.1. The molecule has 0 saturated heterocycles. The van der Waals surface area contributed by atoms with E-state index in [1.54, 1.807) is 6.07 Å². The first-order valence-corrected chi connectivity index (χ1v) is 8.90. The highest BCUT2D eigenvalue weighted by molar-refractivity contribution is 6.17. The van der Waals surface area contributed by atoms with E-state index in [1.165, 1.54) is 6.08 Å². The Kier molecular flexibility index (Phi) is 4.44. The number of carbonyl (C=O) groups is 2. The number of aromatic nitrogens is 1. The Morgan fingerprint density at radius 2 is 1.89 bits per heavy atom. The van der Waals surface area contributed by atoms with Crippen molar-refractivity contribution < 1.29 is 19.1 Å². The van der Waals surface area contributed by atoms with Gasteiger partial charge >= 0.3 is 0 Å². The second-order valence-corrected chi connectivity index (χ2v) is 6.73. The van der Waals surface area contributed by atoms with Gasteiger partial charge in [0, 0.05) is 17.3 Å². The summed E-state index contributed by atoms with van der Waals surface area (Å²) < 4.78 is 5.93. The fourth-order valence-corrected chi connectivity index (χ4v) is 3.16. The quantitative estimate of drug-likeness (QED) is 0.664. The molecule has 7 heteroatoms. The van der Waals surface area contributed by atoms with Crippen LogP contribution in [-0.4, -0.2) is 40.0 Å². The van der Waals surface area contributed by atoms with Crippen LogP contribution in [0.15, 0.2) is 52.6 Å². The summed E-state index contributed by atoms with van der Waals surface area (Å²) in [6, 6.07) is 11.5. The van der Waals surface area contributed by atoms with Gasteiger partial charge < -0.3 is 14.8 Å². The third kappa shape index (κ3) is 3.16. The number of imide groups is 1. The molecule has 1 aromatic heterocycles. The molecule has 1 aliphatic rings. The number of aliphatic hydroxyl groups is 1. The lowest BCUT2D eigenvalue weighted by molar-refractivity contribution is -0.137. The highest BCUT2D eigenvalue weighted by atomic mass is 16.3. The van der Waals surface area contributed by atoms with Crippen molar-refractivity contribution in [1.82, 2.24) is 9.88 Å². The van der Waals surface area contributed by atoms with Crippen LogP contribution < -0.4 is 5.32 Å². The summed E-state index contributed by atoms with van der Waals surface area (Å²) in [6.07, 6.45) is 1.23. The Bertz CT molecular complexity index is 1110. The number of oxazole rings is 1. The molecule has 0 atom stereocenters. The zero-order valence-corrected chi connectivity index (χ0v) is 15.5. The number of benzene rings is 2. The number of anilines is 1. The van der Waals surface area contributed by atoms with Gasteiger partial charge in [-0.05, 0) is 43.7 Å². The van der Waals surface area contributed by atoms with Gasteiger partial charge in [-0.2, -0.15) is 0 Å². The summed E-state index contributed by atoms with van der Waals surface area (Å²) in [6.45, 7) is 3.61. The molecule has 1 aliphatic heterocycles. The molecule has 2 amide bonds. The maximum absolute atomic E-state index is 12.3. The first-order valence-electron chi connectivity index (χ1n) is 8.90. The molecule has 0 saturated carbocycles. The molecule has 0 unspecified atom stereocenters. The van der Waals surface area contributed by atoms with E-state index >= 15 is 0 Å². The monoisotopic (exact) mass is 377 g/mol. The van der Waals surface area contributed by atoms with Gasteiger partial charge in [-0.3, -0.25) is 14.5 Å². The van der Waals surface area contributed by atoms with E-state index in [0.717, 1.165) is 21.6 Å². The largest absolute Gasteiger partial charge is 0.436 e. The Labute approximate surface area is 161 Å². The number of aryl methyl sites for hydroxylation is 2. The van der Waals surface area contributed by atoms with Gasteiger partial charge in [0.05, 0.1) is 13.2 Å². The fraction of sp³-hybridized carbons (Fsp3) is 0.190. The number of β-amino-alcohol motifs (C(OH)–C–C–N with tert-alkyl or cyclic N) is 1. The zero-order chi connectivity index (χ0) is 19.8. The van der Waals surface area contributed by atoms with Crippen molar-refractivity contribution in [3.8, 4) is 11.5 Å². The molecule has 3 aromatic rings. The van der Waals surface area contributed by atoms with E-state index in [0.29, 0.717) is 22.7 Å². The van der Waals surface area contributed by atoms with Gasteiger partial charge in [0.15, 0.2) is 5.58 Å². The number of fused-ring (bicyclic) bond motifs is 1. The number of carbonyl (C=O) groups excluding carboxylic acids is 2. The van der Waals surface area contributed by atoms with E-state index in [1.807, 2.05) is 44.2 Å². The summed E-state index contributed by atoms with van der Waals surface area (Å²) >= 11 is 0. The van der Waals surface area contributed by atoms with Gasteiger partial charge in [-0.25, -0.2) is 4.98 Å². The predicted molar refractivity (Wildman–Crippen MR) is 104 cm³/mol. The average Bonchev–Trinajstić information content (AvgIpc) is 3.20. The van der Waals surface area contributed by atoms with E-state index in [4.69, 9.17) is 9.52 Å². The van der Waals surface area contributed by atoms with Crippen molar-refractivity contribution >= 4 is 28.6 Å². The molecule has 7 nitrogen and oxygen atoms in total. The second-order valence-electron chi connectivity index (χ2n) is 6.73. The van der Waals surface area contributed by atoms with Crippen LogP contribution in [0.4, 0.5) is 5.69 Å². The minimum absolute atomic E-state index is 0.0272. The fourth-order valence-electron chi connectivity index (χ4n) is 3.16. The topological polar surface area (TPSA) is 95.7 Å². The summed E-state index contributed by atoms with van der Waals surface area (Å²) in [5.41, 5.74) is 5.02. The van der Waals surface area contributed by atoms with Crippen molar-refractivity contribution in [1.29, 1.82) is 0 Å². The van der Waals surface area contributed by atoms with Gasteiger partial charge in [0.2, 0.25) is 5.89 Å². The summed E-state index contributed by atoms with van der Waals surface area (Å²) in [5.74, 6) is -0.379. The Morgan fingerprint density at radius 3 is 2.61 bits per heavy atom. The molecule has 0 fully saturated rings. The normalized spacial score (nSPS) is 14.1. The van der Waals surface area contributed by atoms with Crippen LogP contribution in [0.2, 0.25) is 0 Å². The number of aliphatic hydroxyl groups excluding tert-OH is 1. The number of hydrogen-bond acceptors (Lipinski definition) is 6. The molecular formula is C21H19N3O4. The standard InChI is InChI=1S/C21H19N3O4/c1-12-3-5-14(6-4-12)20-23-16-10-15(9-13(2)19(16)28-20)22-17-11-18(26)24(7-8-25)21(17)27/h3-6,9-11,22,25H,7-8H2,1-2H3. The number of amides is 2. The highest BCUT2D eigenvalue weighted by Crippen LogP contribution is 2.30. The van der Waals surface area contributed by atoms with Crippen LogP contribution >= 0.6 is 0 Å². The van der Waals surface area contributed by atoms with E-state index in [2.05, 4.69) is 10.3 Å². The van der Waals surface area contributed by atoms with Gasteiger partial charge in [0.25, 0.3) is 11.8 Å². The molecule has 4 rings (SSSR count). The SMILES string of the molecule is Cc1ccc(-c2nc3cc(NC4=CC(=O)N(CCO)C4=O)cc(C)c3o2)cc1. The first-order chi connectivity index (χ1) is 13.5. The van der Waals surface area contributed by atoms with Gasteiger partial charge in [-0.15, -0.1) is 0 Å². The van der Waals surface area contributed by atoms with Crippen LogP contribution in [0, 0.1) is 13.8 Å². The molecule has 0 aliphatic carbocycles. The van der Waals surface area contributed by atoms with Crippen molar-refractivity contribution in [3.63, 3.8) is 0 Å². The van der Waals surface area contributed by atoms with Crippen LogP contribution in [0.1, 0.15) is 11.1 Å². The minimum Gasteiger partial charge on any atom is -0.436 e.